The van der Waals surface area contributed by atoms with Crippen LogP contribution in [0.4, 0.5) is 5.69 Å². The number of sulfonamides is 1. The predicted molar refractivity (Wildman–Crippen MR) is 98.3 cm³/mol. The van der Waals surface area contributed by atoms with E-state index in [0.717, 1.165) is 15.4 Å². The average Bonchev–Trinajstić information content (AvgIpc) is 2.95. The molecule has 1 aliphatic rings. The van der Waals surface area contributed by atoms with Gasteiger partial charge in [-0.25, -0.2) is 13.2 Å². The molecule has 2 aromatic carbocycles. The number of anilines is 1. The van der Waals surface area contributed by atoms with E-state index in [9.17, 15) is 18.3 Å². The van der Waals surface area contributed by atoms with Crippen molar-refractivity contribution in [1.82, 2.24) is 0 Å². The van der Waals surface area contributed by atoms with Crippen molar-refractivity contribution in [3.8, 4) is 0 Å². The number of hydrogen-bond acceptors (Lipinski definition) is 3. The highest BCUT2D eigenvalue weighted by Gasteiger charge is 2.40. The van der Waals surface area contributed by atoms with Crippen LogP contribution in [0.3, 0.4) is 0 Å². The summed E-state index contributed by atoms with van der Waals surface area (Å²) in [7, 11) is -3.82. The van der Waals surface area contributed by atoms with Crippen LogP contribution in [0.5, 0.6) is 0 Å². The van der Waals surface area contributed by atoms with Gasteiger partial charge in [0.25, 0.3) is 0 Å². The molecular formula is C18H16ClNO4S. The van der Waals surface area contributed by atoms with Crippen LogP contribution < -0.4 is 4.31 Å². The van der Waals surface area contributed by atoms with Crippen LogP contribution in [-0.2, 0) is 21.2 Å². The molecule has 0 bridgehead atoms. The Morgan fingerprint density at radius 1 is 1.24 bits per heavy atom. The van der Waals surface area contributed by atoms with Crippen LogP contribution in [-0.4, -0.2) is 31.3 Å². The highest BCUT2D eigenvalue weighted by Crippen LogP contribution is 2.34. The molecule has 3 rings (SSSR count). The van der Waals surface area contributed by atoms with Crippen LogP contribution in [0.15, 0.2) is 54.6 Å². The largest absolute Gasteiger partial charge is 0.480 e. The second-order valence-corrected chi connectivity index (χ2v) is 8.05. The van der Waals surface area contributed by atoms with Gasteiger partial charge in [0.1, 0.15) is 6.04 Å². The summed E-state index contributed by atoms with van der Waals surface area (Å²) in [5, 5.41) is 9.97. The molecule has 0 radical (unpaired) electrons. The maximum atomic E-state index is 12.8. The maximum Gasteiger partial charge on any atom is 0.327 e. The molecule has 0 aromatic heterocycles. The topological polar surface area (TPSA) is 74.7 Å². The van der Waals surface area contributed by atoms with Gasteiger partial charge in [0.15, 0.2) is 0 Å². The molecule has 2 aromatic rings. The highest BCUT2D eigenvalue weighted by molar-refractivity contribution is 7.93. The number of nitrogens with zero attached hydrogens (tertiary/aromatic N) is 1. The Morgan fingerprint density at radius 2 is 2.00 bits per heavy atom. The second-order valence-electron chi connectivity index (χ2n) is 5.72. The van der Waals surface area contributed by atoms with Crippen LogP contribution in [0.25, 0.3) is 6.08 Å². The van der Waals surface area contributed by atoms with E-state index in [-0.39, 0.29) is 12.2 Å². The molecule has 1 aliphatic heterocycles. The van der Waals surface area contributed by atoms with Gasteiger partial charge in [-0.15, -0.1) is 0 Å². The third-order valence-corrected chi connectivity index (χ3v) is 5.88. The molecule has 1 unspecified atom stereocenters. The number of benzene rings is 2. The van der Waals surface area contributed by atoms with Gasteiger partial charge < -0.3 is 5.11 Å². The van der Waals surface area contributed by atoms with Gasteiger partial charge in [-0.05, 0) is 29.3 Å². The zero-order chi connectivity index (χ0) is 18.0. The van der Waals surface area contributed by atoms with Crippen LogP contribution in [0.2, 0.25) is 5.02 Å². The van der Waals surface area contributed by atoms with Crippen molar-refractivity contribution in [2.75, 3.05) is 10.1 Å². The zero-order valence-electron chi connectivity index (χ0n) is 13.2. The number of rotatable bonds is 5. The summed E-state index contributed by atoms with van der Waals surface area (Å²) >= 11 is 5.90. The minimum absolute atomic E-state index is 0.169. The number of hydrogen-bond donors (Lipinski definition) is 1. The fraction of sp³-hybridized carbons (Fsp3) is 0.167. The number of carboxylic acid groups (broad SMARTS) is 1. The van der Waals surface area contributed by atoms with Crippen molar-refractivity contribution < 1.29 is 18.3 Å². The number of aliphatic carboxylic acids is 1. The summed E-state index contributed by atoms with van der Waals surface area (Å²) in [6, 6.07) is 12.8. The van der Waals surface area contributed by atoms with E-state index >= 15 is 0 Å². The lowest BCUT2D eigenvalue weighted by molar-refractivity contribution is -0.138. The van der Waals surface area contributed by atoms with Gasteiger partial charge in [-0.1, -0.05) is 54.1 Å². The van der Waals surface area contributed by atoms with Crippen LogP contribution in [0, 0.1) is 0 Å². The molecule has 0 aliphatic carbocycles. The lowest BCUT2D eigenvalue weighted by Gasteiger charge is -2.23. The first-order valence-corrected chi connectivity index (χ1v) is 9.62. The Kier molecular flexibility index (Phi) is 4.83. The van der Waals surface area contributed by atoms with Gasteiger partial charge >= 0.3 is 5.97 Å². The molecule has 0 saturated heterocycles. The average molecular weight is 378 g/mol. The number of halogens is 1. The first-order chi connectivity index (χ1) is 11.9. The van der Waals surface area contributed by atoms with Gasteiger partial charge in [0.2, 0.25) is 10.0 Å². The van der Waals surface area contributed by atoms with Gasteiger partial charge in [-0.2, -0.15) is 0 Å². The third-order valence-electron chi connectivity index (χ3n) is 3.98. The molecule has 130 valence electrons. The first kappa shape index (κ1) is 17.5. The summed E-state index contributed by atoms with van der Waals surface area (Å²) in [6.45, 7) is 0. The normalized spacial score (nSPS) is 17.0. The molecule has 1 N–H and O–H groups in total. The van der Waals surface area contributed by atoms with Crippen molar-refractivity contribution in [3.05, 3.63) is 70.8 Å². The molecular weight excluding hydrogens is 362 g/mol. The predicted octanol–water partition coefficient (Wildman–Crippen LogP) is 3.20. The molecule has 0 fully saturated rings. The standard InChI is InChI=1S/C18H16ClNO4S/c19-15-8-3-5-13(11-15)6-4-10-25(23,24)20-16-9-2-1-7-14(16)12-17(20)18(21)22/h1-9,11,17H,10,12H2,(H,21,22). The molecule has 7 heteroatoms. The van der Waals surface area contributed by atoms with Gasteiger partial charge in [0, 0.05) is 11.4 Å². The molecule has 0 amide bonds. The Bertz CT molecular complexity index is 940. The summed E-state index contributed by atoms with van der Waals surface area (Å²) in [5.41, 5.74) is 1.93. The quantitative estimate of drug-likeness (QED) is 0.868. The van der Waals surface area contributed by atoms with E-state index in [1.54, 1.807) is 54.6 Å². The van der Waals surface area contributed by atoms with E-state index < -0.39 is 22.0 Å². The highest BCUT2D eigenvalue weighted by atomic mass is 35.5. The second kappa shape index (κ2) is 6.90. The Hall–Kier alpha value is -2.31. The molecule has 1 atom stereocenters. The van der Waals surface area contributed by atoms with E-state index in [4.69, 9.17) is 11.6 Å². The van der Waals surface area contributed by atoms with E-state index in [0.29, 0.717) is 10.7 Å². The summed E-state index contributed by atoms with van der Waals surface area (Å²) < 4.78 is 26.5. The maximum absolute atomic E-state index is 12.8. The number of para-hydroxylation sites is 1. The van der Waals surface area contributed by atoms with E-state index in [1.807, 2.05) is 0 Å². The summed E-state index contributed by atoms with van der Waals surface area (Å²) in [5.74, 6) is -1.45. The first-order valence-electron chi connectivity index (χ1n) is 7.63. The van der Waals surface area contributed by atoms with Crippen molar-refractivity contribution in [3.63, 3.8) is 0 Å². The minimum atomic E-state index is -3.82. The fourth-order valence-corrected chi connectivity index (χ4v) is 4.61. The molecule has 25 heavy (non-hydrogen) atoms. The Morgan fingerprint density at radius 3 is 2.72 bits per heavy atom. The molecule has 0 spiro atoms. The smallest absolute Gasteiger partial charge is 0.327 e. The minimum Gasteiger partial charge on any atom is -0.480 e. The third kappa shape index (κ3) is 3.70. The van der Waals surface area contributed by atoms with E-state index in [1.165, 1.54) is 6.08 Å². The molecule has 0 saturated carbocycles. The lowest BCUT2D eigenvalue weighted by atomic mass is 10.1. The monoisotopic (exact) mass is 377 g/mol. The zero-order valence-corrected chi connectivity index (χ0v) is 14.7. The number of fused-ring (bicyclic) bond motifs is 1. The molecule has 5 nitrogen and oxygen atoms in total. The van der Waals surface area contributed by atoms with Gasteiger partial charge in [-0.3, -0.25) is 4.31 Å². The molecule has 1 heterocycles. The van der Waals surface area contributed by atoms with Crippen molar-refractivity contribution in [1.29, 1.82) is 0 Å². The fourth-order valence-electron chi connectivity index (χ4n) is 2.89. The Labute approximate surface area is 151 Å². The van der Waals surface area contributed by atoms with Gasteiger partial charge in [0.05, 0.1) is 11.4 Å². The summed E-state index contributed by atoms with van der Waals surface area (Å²) in [4.78, 5) is 11.5. The lowest BCUT2D eigenvalue weighted by Crippen LogP contribution is -2.43. The van der Waals surface area contributed by atoms with Crippen LogP contribution in [0.1, 0.15) is 11.1 Å². The van der Waals surface area contributed by atoms with Crippen molar-refractivity contribution in [2.24, 2.45) is 0 Å². The van der Waals surface area contributed by atoms with Crippen molar-refractivity contribution in [2.45, 2.75) is 12.5 Å². The Balaban J connectivity index is 1.86. The number of carbonyl (C=O) groups is 1. The summed E-state index contributed by atoms with van der Waals surface area (Å²) in [6.07, 6.45) is 3.32. The van der Waals surface area contributed by atoms with Crippen molar-refractivity contribution >= 4 is 39.4 Å². The van der Waals surface area contributed by atoms with E-state index in [2.05, 4.69) is 0 Å². The van der Waals surface area contributed by atoms with Crippen LogP contribution >= 0.6 is 11.6 Å². The number of carboxylic acids is 1. The SMILES string of the molecule is O=C(O)C1Cc2ccccc2N1S(=O)(=O)CC=Cc1cccc(Cl)c1.